The van der Waals surface area contributed by atoms with Crippen molar-refractivity contribution in [1.82, 2.24) is 9.88 Å². The number of fused-ring (bicyclic) bond motifs is 1. The van der Waals surface area contributed by atoms with E-state index in [9.17, 15) is 14.4 Å². The van der Waals surface area contributed by atoms with Gasteiger partial charge in [0.2, 0.25) is 0 Å². The number of nitrogens with zero attached hydrogens (tertiary/aromatic N) is 2. The van der Waals surface area contributed by atoms with Crippen LogP contribution in [0.15, 0.2) is 54.6 Å². The summed E-state index contributed by atoms with van der Waals surface area (Å²) >= 11 is 1.53. The van der Waals surface area contributed by atoms with Gasteiger partial charge in [-0.2, -0.15) is 0 Å². The van der Waals surface area contributed by atoms with Crippen LogP contribution >= 0.6 is 11.3 Å². The molecule has 0 aliphatic heterocycles. The highest BCUT2D eigenvalue weighted by Gasteiger charge is 2.22. The van der Waals surface area contributed by atoms with Crippen molar-refractivity contribution in [3.63, 3.8) is 0 Å². The minimum atomic E-state index is -0.566. The highest BCUT2D eigenvalue weighted by atomic mass is 32.1. The molecule has 0 saturated heterocycles. The number of ketones is 1. The van der Waals surface area contributed by atoms with Crippen LogP contribution in [-0.2, 0) is 14.3 Å². The van der Waals surface area contributed by atoms with E-state index in [1.807, 2.05) is 37.3 Å². The number of benzene rings is 2. The fourth-order valence-electron chi connectivity index (χ4n) is 2.75. The molecule has 2 aromatic carbocycles. The Morgan fingerprint density at radius 1 is 1.03 bits per heavy atom. The van der Waals surface area contributed by atoms with E-state index in [2.05, 4.69) is 4.98 Å². The molecule has 7 heteroatoms. The Balaban J connectivity index is 1.47. The number of thiazole rings is 1. The number of ether oxygens (including phenoxy) is 1. The molecule has 1 atom stereocenters. The molecule has 1 amide bonds. The number of hydrogen-bond donors (Lipinski definition) is 0. The SMILES string of the molecule is C[C@@H](c1nc2ccccc2s1)N(C)C(=O)COC(=O)CCC(=O)c1ccccc1. The number of rotatable bonds is 8. The third kappa shape index (κ3) is 5.26. The zero-order chi connectivity index (χ0) is 20.8. The zero-order valence-corrected chi connectivity index (χ0v) is 17.1. The van der Waals surface area contributed by atoms with Gasteiger partial charge in [-0.05, 0) is 19.1 Å². The largest absolute Gasteiger partial charge is 0.456 e. The van der Waals surface area contributed by atoms with Crippen LogP contribution in [0, 0.1) is 0 Å². The highest BCUT2D eigenvalue weighted by molar-refractivity contribution is 7.18. The Labute approximate surface area is 173 Å². The van der Waals surface area contributed by atoms with Crippen LogP contribution < -0.4 is 0 Å². The van der Waals surface area contributed by atoms with Gasteiger partial charge in [0, 0.05) is 19.0 Å². The minimum Gasteiger partial charge on any atom is -0.456 e. The van der Waals surface area contributed by atoms with Crippen molar-refractivity contribution in [2.45, 2.75) is 25.8 Å². The van der Waals surface area contributed by atoms with Gasteiger partial charge in [-0.1, -0.05) is 42.5 Å². The Kier molecular flexibility index (Phi) is 6.72. The molecule has 0 fully saturated rings. The number of carbonyl (C=O) groups excluding carboxylic acids is 3. The quantitative estimate of drug-likeness (QED) is 0.414. The van der Waals surface area contributed by atoms with Crippen molar-refractivity contribution in [2.24, 2.45) is 0 Å². The summed E-state index contributed by atoms with van der Waals surface area (Å²) in [6.45, 7) is 1.53. The monoisotopic (exact) mass is 410 g/mol. The number of carbonyl (C=O) groups is 3. The molecule has 3 rings (SSSR count). The first-order chi connectivity index (χ1) is 14.0. The van der Waals surface area contributed by atoms with Gasteiger partial charge in [-0.3, -0.25) is 14.4 Å². The number of Topliss-reactive ketones (excluding diaryl/α,β-unsaturated/α-hetero) is 1. The molecular weight excluding hydrogens is 388 g/mol. The Bertz CT molecular complexity index is 983. The van der Waals surface area contributed by atoms with E-state index in [0.717, 1.165) is 15.2 Å². The Morgan fingerprint density at radius 3 is 2.45 bits per heavy atom. The van der Waals surface area contributed by atoms with E-state index in [-0.39, 0.29) is 37.2 Å². The van der Waals surface area contributed by atoms with Crippen molar-refractivity contribution in [3.8, 4) is 0 Å². The van der Waals surface area contributed by atoms with Crippen molar-refractivity contribution in [2.75, 3.05) is 13.7 Å². The molecule has 0 saturated carbocycles. The minimum absolute atomic E-state index is 0.0506. The molecule has 1 heterocycles. The molecular formula is C22H22N2O4S. The van der Waals surface area contributed by atoms with Gasteiger partial charge in [-0.25, -0.2) is 4.98 Å². The smallest absolute Gasteiger partial charge is 0.306 e. The maximum absolute atomic E-state index is 12.4. The molecule has 150 valence electrons. The predicted molar refractivity (Wildman–Crippen MR) is 112 cm³/mol. The summed E-state index contributed by atoms with van der Waals surface area (Å²) in [7, 11) is 1.66. The number of hydrogen-bond acceptors (Lipinski definition) is 6. The average Bonchev–Trinajstić information content (AvgIpc) is 3.19. The van der Waals surface area contributed by atoms with Gasteiger partial charge in [0.05, 0.1) is 22.7 Å². The summed E-state index contributed by atoms with van der Waals surface area (Å²) in [6, 6.07) is 16.3. The molecule has 0 aliphatic carbocycles. The highest BCUT2D eigenvalue weighted by Crippen LogP contribution is 2.28. The molecule has 1 aromatic heterocycles. The fourth-order valence-corrected chi connectivity index (χ4v) is 3.81. The van der Waals surface area contributed by atoms with E-state index in [1.165, 1.54) is 16.2 Å². The molecule has 0 spiro atoms. The first-order valence-electron chi connectivity index (χ1n) is 9.30. The summed E-state index contributed by atoms with van der Waals surface area (Å²) in [5.41, 5.74) is 1.45. The van der Waals surface area contributed by atoms with Gasteiger partial charge in [0.15, 0.2) is 12.4 Å². The number of amides is 1. The molecule has 0 unspecified atom stereocenters. The van der Waals surface area contributed by atoms with Gasteiger partial charge in [-0.15, -0.1) is 11.3 Å². The second-order valence-electron chi connectivity index (χ2n) is 6.65. The van der Waals surface area contributed by atoms with E-state index in [4.69, 9.17) is 4.74 Å². The van der Waals surface area contributed by atoms with Crippen LogP contribution in [-0.4, -0.2) is 41.2 Å². The lowest BCUT2D eigenvalue weighted by Gasteiger charge is -2.23. The maximum Gasteiger partial charge on any atom is 0.306 e. The number of para-hydroxylation sites is 1. The standard InChI is InChI=1S/C22H22N2O4S/c1-15(22-23-17-10-6-7-11-19(17)29-22)24(2)20(26)14-28-21(27)13-12-18(25)16-8-4-3-5-9-16/h3-11,15H,12-14H2,1-2H3/t15-/m0/s1. The lowest BCUT2D eigenvalue weighted by atomic mass is 10.1. The molecule has 0 N–H and O–H groups in total. The number of aromatic nitrogens is 1. The first-order valence-corrected chi connectivity index (χ1v) is 10.1. The molecule has 0 radical (unpaired) electrons. The van der Waals surface area contributed by atoms with Crippen molar-refractivity contribution < 1.29 is 19.1 Å². The number of esters is 1. The lowest BCUT2D eigenvalue weighted by Crippen LogP contribution is -2.33. The zero-order valence-electron chi connectivity index (χ0n) is 16.3. The lowest BCUT2D eigenvalue weighted by molar-refractivity contribution is -0.152. The van der Waals surface area contributed by atoms with E-state index >= 15 is 0 Å². The maximum atomic E-state index is 12.4. The second-order valence-corrected chi connectivity index (χ2v) is 7.71. The summed E-state index contributed by atoms with van der Waals surface area (Å²) in [6.07, 6.45) is -0.00682. The summed E-state index contributed by atoms with van der Waals surface area (Å²) < 4.78 is 6.12. The summed E-state index contributed by atoms with van der Waals surface area (Å²) in [4.78, 5) is 42.4. The summed E-state index contributed by atoms with van der Waals surface area (Å²) in [5, 5.41) is 0.821. The van der Waals surface area contributed by atoms with Crippen molar-refractivity contribution >= 4 is 39.2 Å². The molecule has 3 aromatic rings. The first kappa shape index (κ1) is 20.7. The third-order valence-electron chi connectivity index (χ3n) is 4.65. The number of likely N-dealkylation sites (N-methyl/N-ethyl adjacent to an activating group) is 1. The normalized spacial score (nSPS) is 11.8. The molecule has 0 bridgehead atoms. The molecule has 0 aliphatic rings. The van der Waals surface area contributed by atoms with Gasteiger partial charge in [0.25, 0.3) is 5.91 Å². The van der Waals surface area contributed by atoms with E-state index in [0.29, 0.717) is 5.56 Å². The van der Waals surface area contributed by atoms with Crippen LogP contribution in [0.2, 0.25) is 0 Å². The van der Waals surface area contributed by atoms with Gasteiger partial charge in [0.1, 0.15) is 5.01 Å². The second kappa shape index (κ2) is 9.43. The van der Waals surface area contributed by atoms with Crippen molar-refractivity contribution in [1.29, 1.82) is 0 Å². The molecule has 29 heavy (non-hydrogen) atoms. The topological polar surface area (TPSA) is 76.6 Å². The van der Waals surface area contributed by atoms with Crippen LogP contribution in [0.3, 0.4) is 0 Å². The van der Waals surface area contributed by atoms with Crippen LogP contribution in [0.25, 0.3) is 10.2 Å². The average molecular weight is 410 g/mol. The summed E-state index contributed by atoms with van der Waals surface area (Å²) in [5.74, 6) is -1.02. The Morgan fingerprint density at radius 2 is 1.72 bits per heavy atom. The third-order valence-corrected chi connectivity index (χ3v) is 5.86. The van der Waals surface area contributed by atoms with E-state index in [1.54, 1.807) is 31.3 Å². The fraction of sp³-hybridized carbons (Fsp3) is 0.273. The van der Waals surface area contributed by atoms with E-state index < -0.39 is 5.97 Å². The predicted octanol–water partition coefficient (Wildman–Crippen LogP) is 4.02. The van der Waals surface area contributed by atoms with Crippen molar-refractivity contribution in [3.05, 3.63) is 65.2 Å². The molecule has 6 nitrogen and oxygen atoms in total. The van der Waals surface area contributed by atoms with Gasteiger partial charge < -0.3 is 9.64 Å². The van der Waals surface area contributed by atoms with Crippen LogP contribution in [0.5, 0.6) is 0 Å². The van der Waals surface area contributed by atoms with Crippen LogP contribution in [0.1, 0.15) is 41.2 Å². The van der Waals surface area contributed by atoms with Crippen LogP contribution in [0.4, 0.5) is 0 Å². The Hall–Kier alpha value is -3.06. The van der Waals surface area contributed by atoms with Gasteiger partial charge >= 0.3 is 5.97 Å².